The molecule has 0 spiro atoms. The molecule has 198 valence electrons. The molecule has 4 aliphatic rings. The van der Waals surface area contributed by atoms with Gasteiger partial charge in [0.1, 0.15) is 11.9 Å². The number of allylic oxidation sites excluding steroid dienone is 1. The van der Waals surface area contributed by atoms with Crippen molar-refractivity contribution in [3.63, 3.8) is 0 Å². The highest BCUT2D eigenvalue weighted by atomic mass is 16.5. The summed E-state index contributed by atoms with van der Waals surface area (Å²) in [5.41, 5.74) is 0.764. The summed E-state index contributed by atoms with van der Waals surface area (Å²) < 4.78 is 4.84. The molecule has 2 saturated carbocycles. The maximum Gasteiger partial charge on any atom is 0.312 e. The van der Waals surface area contributed by atoms with Crippen LogP contribution >= 0.6 is 0 Å². The van der Waals surface area contributed by atoms with E-state index in [0.717, 1.165) is 24.8 Å². The van der Waals surface area contributed by atoms with E-state index in [2.05, 4.69) is 13.5 Å². The lowest BCUT2D eigenvalue weighted by Crippen LogP contribution is -2.58. The largest absolute Gasteiger partial charge is 0.469 e. The van der Waals surface area contributed by atoms with Gasteiger partial charge in [0.05, 0.1) is 13.0 Å². The van der Waals surface area contributed by atoms with Crippen molar-refractivity contribution in [3.8, 4) is 0 Å². The summed E-state index contributed by atoms with van der Waals surface area (Å²) in [6.07, 6.45) is 3.19. The van der Waals surface area contributed by atoms with Crippen molar-refractivity contribution < 1.29 is 29.0 Å². The summed E-state index contributed by atoms with van der Waals surface area (Å²) in [4.78, 5) is 51.9. The van der Waals surface area contributed by atoms with Crippen molar-refractivity contribution in [1.29, 1.82) is 0 Å². The normalized spacial score (nSPS) is 39.8. The zero-order valence-electron chi connectivity index (χ0n) is 22.7. The van der Waals surface area contributed by atoms with Crippen molar-refractivity contribution in [2.24, 2.45) is 46.3 Å². The first-order chi connectivity index (χ1) is 16.8. The van der Waals surface area contributed by atoms with E-state index in [-0.39, 0.29) is 58.8 Å². The second-order valence-electron chi connectivity index (χ2n) is 12.5. The molecule has 4 rings (SSSR count). The molecule has 0 aromatic carbocycles. The van der Waals surface area contributed by atoms with E-state index in [9.17, 15) is 24.3 Å². The maximum absolute atomic E-state index is 13.9. The Hall–Kier alpha value is -2.08. The van der Waals surface area contributed by atoms with Crippen LogP contribution in [0.25, 0.3) is 0 Å². The summed E-state index contributed by atoms with van der Waals surface area (Å²) in [5, 5.41) is 11.6. The van der Waals surface area contributed by atoms with Gasteiger partial charge in [-0.1, -0.05) is 39.8 Å². The van der Waals surface area contributed by atoms with Gasteiger partial charge in [-0.2, -0.15) is 0 Å². The van der Waals surface area contributed by atoms with Gasteiger partial charge in [0, 0.05) is 40.7 Å². The number of Topliss-reactive ketones (excluding diaryl/α,β-unsaturated/α-hetero) is 3. The Balaban J connectivity index is 1.63. The van der Waals surface area contributed by atoms with E-state index in [1.165, 1.54) is 7.11 Å². The number of ether oxygens (including phenoxy) is 1. The van der Waals surface area contributed by atoms with Crippen LogP contribution < -0.4 is 0 Å². The molecule has 36 heavy (non-hydrogen) atoms. The van der Waals surface area contributed by atoms with Crippen LogP contribution in [-0.2, 0) is 23.9 Å². The van der Waals surface area contributed by atoms with Crippen molar-refractivity contribution in [2.75, 3.05) is 7.11 Å². The molecule has 0 amide bonds. The average molecular weight is 499 g/mol. The Bertz CT molecular complexity index is 1040. The lowest BCUT2D eigenvalue weighted by Gasteiger charge is -2.55. The average Bonchev–Trinajstić information content (AvgIpc) is 3.21. The highest BCUT2D eigenvalue weighted by Crippen LogP contribution is 2.64. The van der Waals surface area contributed by atoms with Gasteiger partial charge in [-0.3, -0.25) is 19.2 Å². The molecular formula is C30H42O6. The van der Waals surface area contributed by atoms with Gasteiger partial charge in [-0.25, -0.2) is 0 Å². The van der Waals surface area contributed by atoms with Crippen LogP contribution in [-0.4, -0.2) is 41.6 Å². The standard InChI is InChI=1S/C30H42O6/c1-15(17(3)28(35)36-7)8-9-16(2)19-10-11-20-24-23(32)14-21-18(4)22(31)12-13-29(21,5)25(24)26(33)27(34)30(19,20)6/h16-21,27,34H,1,8-14H2,2-7H3/t16-,17?,18+,19-,20?,21?,27+,29+,30-/m1/s1. The van der Waals surface area contributed by atoms with Crippen molar-refractivity contribution in [3.05, 3.63) is 23.3 Å². The third kappa shape index (κ3) is 3.77. The van der Waals surface area contributed by atoms with Crippen molar-refractivity contribution >= 4 is 23.3 Å². The summed E-state index contributed by atoms with van der Waals surface area (Å²) >= 11 is 0. The Morgan fingerprint density at radius 2 is 1.86 bits per heavy atom. The van der Waals surface area contributed by atoms with Gasteiger partial charge < -0.3 is 9.84 Å². The fourth-order valence-corrected chi connectivity index (χ4v) is 8.39. The molecule has 0 heterocycles. The zero-order valence-corrected chi connectivity index (χ0v) is 22.7. The number of hydrogen-bond donors (Lipinski definition) is 1. The first-order valence-corrected chi connectivity index (χ1v) is 13.6. The highest BCUT2D eigenvalue weighted by molar-refractivity contribution is 6.13. The second-order valence-corrected chi connectivity index (χ2v) is 12.5. The number of methoxy groups -OCH3 is 1. The van der Waals surface area contributed by atoms with Gasteiger partial charge in [0.2, 0.25) is 0 Å². The number of hydrogen-bond acceptors (Lipinski definition) is 6. The Labute approximate surface area is 214 Å². The summed E-state index contributed by atoms with van der Waals surface area (Å²) in [7, 11) is 1.37. The van der Waals surface area contributed by atoms with Crippen LogP contribution in [0, 0.1) is 46.3 Å². The van der Waals surface area contributed by atoms with Gasteiger partial charge in [-0.05, 0) is 62.7 Å². The number of carbonyl (C=O) groups is 4. The minimum atomic E-state index is -1.16. The van der Waals surface area contributed by atoms with E-state index in [1.54, 1.807) is 6.92 Å². The SMILES string of the molecule is C=C(CC[C@@H](C)[C@H]1CCC2C3=C(C(=O)[C@H](O)[C@@]21C)[C@@]1(C)CCC(=O)[C@@H](C)C1CC3=O)C(C)C(=O)OC. The second kappa shape index (κ2) is 9.34. The quantitative estimate of drug-likeness (QED) is 0.423. The molecule has 2 fully saturated rings. The summed E-state index contributed by atoms with van der Waals surface area (Å²) in [6, 6.07) is 0. The lowest BCUT2D eigenvalue weighted by atomic mass is 9.48. The first kappa shape index (κ1) is 27.0. The summed E-state index contributed by atoms with van der Waals surface area (Å²) in [6.45, 7) is 14.0. The predicted octanol–water partition coefficient (Wildman–Crippen LogP) is 4.64. The monoisotopic (exact) mass is 498 g/mol. The molecule has 0 aliphatic heterocycles. The van der Waals surface area contributed by atoms with Crippen LogP contribution in [0.15, 0.2) is 23.3 Å². The van der Waals surface area contributed by atoms with Crippen LogP contribution in [0.3, 0.4) is 0 Å². The number of fused-ring (bicyclic) bond motifs is 4. The Kier molecular flexibility index (Phi) is 7.00. The van der Waals surface area contributed by atoms with E-state index in [1.807, 2.05) is 20.8 Å². The van der Waals surface area contributed by atoms with E-state index in [4.69, 9.17) is 4.74 Å². The molecule has 6 heteroatoms. The van der Waals surface area contributed by atoms with E-state index in [0.29, 0.717) is 36.8 Å². The molecule has 0 radical (unpaired) electrons. The predicted molar refractivity (Wildman–Crippen MR) is 136 cm³/mol. The molecule has 6 nitrogen and oxygen atoms in total. The molecule has 0 bridgehead atoms. The van der Waals surface area contributed by atoms with Crippen LogP contribution in [0.1, 0.15) is 79.6 Å². The molecular weight excluding hydrogens is 456 g/mol. The maximum atomic E-state index is 13.9. The van der Waals surface area contributed by atoms with Gasteiger partial charge in [0.25, 0.3) is 0 Å². The highest BCUT2D eigenvalue weighted by Gasteiger charge is 2.65. The minimum Gasteiger partial charge on any atom is -0.469 e. The number of aliphatic hydroxyl groups excluding tert-OH is 1. The fourth-order valence-electron chi connectivity index (χ4n) is 8.39. The molecule has 0 aromatic rings. The fraction of sp³-hybridized carbons (Fsp3) is 0.733. The smallest absolute Gasteiger partial charge is 0.312 e. The molecule has 0 saturated heterocycles. The van der Waals surface area contributed by atoms with Crippen molar-refractivity contribution in [1.82, 2.24) is 0 Å². The molecule has 4 aliphatic carbocycles. The zero-order chi connectivity index (χ0) is 26.7. The lowest BCUT2D eigenvalue weighted by molar-refractivity contribution is -0.146. The number of ketones is 3. The number of rotatable bonds is 6. The third-order valence-corrected chi connectivity index (χ3v) is 10.9. The molecule has 3 unspecified atom stereocenters. The van der Waals surface area contributed by atoms with Gasteiger partial charge in [-0.15, -0.1) is 0 Å². The third-order valence-electron chi connectivity index (χ3n) is 10.9. The van der Waals surface area contributed by atoms with Crippen LogP contribution in [0.4, 0.5) is 0 Å². The van der Waals surface area contributed by atoms with E-state index < -0.39 is 16.9 Å². The number of carbonyl (C=O) groups excluding carboxylic acids is 4. The summed E-state index contributed by atoms with van der Waals surface area (Å²) in [5.74, 6) is -1.13. The number of esters is 1. The van der Waals surface area contributed by atoms with Gasteiger partial charge >= 0.3 is 5.97 Å². The first-order valence-electron chi connectivity index (χ1n) is 13.6. The number of aliphatic hydroxyl groups is 1. The van der Waals surface area contributed by atoms with Crippen molar-refractivity contribution in [2.45, 2.75) is 85.7 Å². The topological polar surface area (TPSA) is 97.7 Å². The van der Waals surface area contributed by atoms with Crippen LogP contribution in [0.5, 0.6) is 0 Å². The molecule has 0 aromatic heterocycles. The van der Waals surface area contributed by atoms with E-state index >= 15 is 0 Å². The Morgan fingerprint density at radius 1 is 1.19 bits per heavy atom. The van der Waals surface area contributed by atoms with Gasteiger partial charge in [0.15, 0.2) is 11.6 Å². The molecule has 9 atom stereocenters. The molecule has 1 N–H and O–H groups in total. The Morgan fingerprint density at radius 3 is 2.50 bits per heavy atom. The minimum absolute atomic E-state index is 0.000848. The van der Waals surface area contributed by atoms with Crippen LogP contribution in [0.2, 0.25) is 0 Å².